The Labute approximate surface area is 116 Å². The predicted octanol–water partition coefficient (Wildman–Crippen LogP) is 3.14. The highest BCUT2D eigenvalue weighted by molar-refractivity contribution is 9.10. The van der Waals surface area contributed by atoms with Crippen LogP contribution in [0.5, 0.6) is 0 Å². The van der Waals surface area contributed by atoms with E-state index in [4.69, 9.17) is 4.74 Å². The standard InChI is InChI=1S/C14H18BrNO2/c1-14(2)7-6-12(18-14)9-16-13(17)10-4-3-5-11(15)8-10/h3-5,8,12H,6-7,9H2,1-2H3,(H,16,17). The fraction of sp³-hybridized carbons (Fsp3) is 0.500. The lowest BCUT2D eigenvalue weighted by Crippen LogP contribution is -2.33. The molecule has 18 heavy (non-hydrogen) atoms. The molecule has 0 aliphatic carbocycles. The molecule has 1 aromatic rings. The zero-order chi connectivity index (χ0) is 13.2. The first-order chi connectivity index (χ1) is 8.46. The van der Waals surface area contributed by atoms with Crippen LogP contribution in [0.1, 0.15) is 37.0 Å². The van der Waals surface area contributed by atoms with Crippen molar-refractivity contribution < 1.29 is 9.53 Å². The lowest BCUT2D eigenvalue weighted by atomic mass is 10.1. The summed E-state index contributed by atoms with van der Waals surface area (Å²) in [5, 5.41) is 2.92. The number of hydrogen-bond acceptors (Lipinski definition) is 2. The second kappa shape index (κ2) is 5.41. The van der Waals surface area contributed by atoms with Gasteiger partial charge in [-0.25, -0.2) is 0 Å². The van der Waals surface area contributed by atoms with Gasteiger partial charge in [0, 0.05) is 16.6 Å². The third-order valence-corrected chi connectivity index (χ3v) is 3.62. The van der Waals surface area contributed by atoms with Crippen molar-refractivity contribution in [2.75, 3.05) is 6.54 Å². The fourth-order valence-electron chi connectivity index (χ4n) is 2.16. The highest BCUT2D eigenvalue weighted by Crippen LogP contribution is 2.28. The molecule has 1 aliphatic rings. The van der Waals surface area contributed by atoms with E-state index in [1.54, 1.807) is 6.07 Å². The van der Waals surface area contributed by atoms with Gasteiger partial charge in [0.1, 0.15) is 0 Å². The van der Waals surface area contributed by atoms with E-state index in [0.29, 0.717) is 12.1 Å². The van der Waals surface area contributed by atoms with E-state index in [-0.39, 0.29) is 17.6 Å². The number of benzene rings is 1. The second-order valence-corrected chi connectivity index (χ2v) is 6.17. The number of nitrogens with one attached hydrogen (secondary N) is 1. The van der Waals surface area contributed by atoms with E-state index >= 15 is 0 Å². The minimum absolute atomic E-state index is 0.0504. The van der Waals surface area contributed by atoms with E-state index in [9.17, 15) is 4.79 Å². The van der Waals surface area contributed by atoms with Crippen molar-refractivity contribution >= 4 is 21.8 Å². The van der Waals surface area contributed by atoms with Crippen LogP contribution in [0.4, 0.5) is 0 Å². The van der Waals surface area contributed by atoms with Gasteiger partial charge in [0.15, 0.2) is 0 Å². The van der Waals surface area contributed by atoms with Gasteiger partial charge in [-0.2, -0.15) is 0 Å². The Morgan fingerprint density at radius 2 is 2.33 bits per heavy atom. The number of carbonyl (C=O) groups excluding carboxylic acids is 1. The Balaban J connectivity index is 1.86. The van der Waals surface area contributed by atoms with Gasteiger partial charge in [-0.15, -0.1) is 0 Å². The summed E-state index contributed by atoms with van der Waals surface area (Å²) in [4.78, 5) is 11.9. The molecule has 1 saturated heterocycles. The van der Waals surface area contributed by atoms with Crippen molar-refractivity contribution in [1.82, 2.24) is 5.32 Å². The summed E-state index contributed by atoms with van der Waals surface area (Å²) < 4.78 is 6.75. The van der Waals surface area contributed by atoms with Crippen LogP contribution in [0.15, 0.2) is 28.7 Å². The smallest absolute Gasteiger partial charge is 0.251 e. The Bertz CT molecular complexity index is 445. The van der Waals surface area contributed by atoms with Crippen molar-refractivity contribution in [1.29, 1.82) is 0 Å². The highest BCUT2D eigenvalue weighted by atomic mass is 79.9. The molecule has 98 valence electrons. The summed E-state index contributed by atoms with van der Waals surface area (Å²) in [5.41, 5.74) is 0.618. The molecule has 1 N–H and O–H groups in total. The van der Waals surface area contributed by atoms with Crippen molar-refractivity contribution in [3.63, 3.8) is 0 Å². The summed E-state index contributed by atoms with van der Waals surface area (Å²) in [6, 6.07) is 7.38. The topological polar surface area (TPSA) is 38.3 Å². The molecule has 1 unspecified atom stereocenters. The molecule has 1 amide bonds. The molecule has 0 saturated carbocycles. The van der Waals surface area contributed by atoms with E-state index in [2.05, 4.69) is 35.1 Å². The van der Waals surface area contributed by atoms with E-state index in [1.165, 1.54) is 0 Å². The number of rotatable bonds is 3. The van der Waals surface area contributed by atoms with Gasteiger partial charge in [0.2, 0.25) is 0 Å². The quantitative estimate of drug-likeness (QED) is 0.931. The Hall–Kier alpha value is -0.870. The average molecular weight is 312 g/mol. The zero-order valence-corrected chi connectivity index (χ0v) is 12.3. The first-order valence-electron chi connectivity index (χ1n) is 6.18. The van der Waals surface area contributed by atoms with Crippen LogP contribution in [0, 0.1) is 0 Å². The highest BCUT2D eigenvalue weighted by Gasteiger charge is 2.31. The third-order valence-electron chi connectivity index (χ3n) is 3.13. The van der Waals surface area contributed by atoms with Gasteiger partial charge in [0.25, 0.3) is 5.91 Å². The van der Waals surface area contributed by atoms with Crippen molar-refractivity contribution in [3.05, 3.63) is 34.3 Å². The molecule has 1 atom stereocenters. The van der Waals surface area contributed by atoms with Crippen LogP contribution < -0.4 is 5.32 Å². The molecule has 1 fully saturated rings. The molecule has 0 spiro atoms. The van der Waals surface area contributed by atoms with Crippen LogP contribution in [0.3, 0.4) is 0 Å². The predicted molar refractivity (Wildman–Crippen MR) is 74.7 cm³/mol. The molecule has 0 bridgehead atoms. The van der Waals surface area contributed by atoms with Gasteiger partial charge in [-0.1, -0.05) is 22.0 Å². The summed E-state index contributed by atoms with van der Waals surface area (Å²) in [7, 11) is 0. The van der Waals surface area contributed by atoms with Gasteiger partial charge in [-0.3, -0.25) is 4.79 Å². The van der Waals surface area contributed by atoms with Crippen molar-refractivity contribution in [3.8, 4) is 0 Å². The van der Waals surface area contributed by atoms with Gasteiger partial charge >= 0.3 is 0 Å². The largest absolute Gasteiger partial charge is 0.371 e. The number of ether oxygens (including phenoxy) is 1. The third kappa shape index (κ3) is 3.56. The molecule has 1 aromatic carbocycles. The normalized spacial score (nSPS) is 21.8. The summed E-state index contributed by atoms with van der Waals surface area (Å²) in [6.07, 6.45) is 2.19. The SMILES string of the molecule is CC1(C)CCC(CNC(=O)c2cccc(Br)c2)O1. The number of hydrogen-bond donors (Lipinski definition) is 1. The maximum absolute atomic E-state index is 11.9. The van der Waals surface area contributed by atoms with Crippen LogP contribution >= 0.6 is 15.9 Å². The van der Waals surface area contributed by atoms with Gasteiger partial charge < -0.3 is 10.1 Å². The lowest BCUT2D eigenvalue weighted by molar-refractivity contribution is -0.0138. The molecular formula is C14H18BrNO2. The zero-order valence-electron chi connectivity index (χ0n) is 10.7. The molecule has 1 heterocycles. The molecule has 0 aromatic heterocycles. The van der Waals surface area contributed by atoms with E-state index < -0.39 is 0 Å². The molecular weight excluding hydrogens is 294 g/mol. The first kappa shape index (κ1) is 13.6. The summed E-state index contributed by atoms with van der Waals surface area (Å²) in [6.45, 7) is 4.75. The summed E-state index contributed by atoms with van der Waals surface area (Å²) >= 11 is 3.36. The Kier molecular flexibility index (Phi) is 4.07. The number of carbonyl (C=O) groups is 1. The first-order valence-corrected chi connectivity index (χ1v) is 6.97. The van der Waals surface area contributed by atoms with E-state index in [0.717, 1.165) is 17.3 Å². The number of halogens is 1. The molecule has 0 radical (unpaired) electrons. The minimum Gasteiger partial charge on any atom is -0.371 e. The monoisotopic (exact) mass is 311 g/mol. The van der Waals surface area contributed by atoms with Crippen LogP contribution in [0.2, 0.25) is 0 Å². The number of amides is 1. The molecule has 2 rings (SSSR count). The van der Waals surface area contributed by atoms with Crippen LogP contribution in [0.25, 0.3) is 0 Å². The van der Waals surface area contributed by atoms with E-state index in [1.807, 2.05) is 18.2 Å². The maximum atomic E-state index is 11.9. The van der Waals surface area contributed by atoms with Gasteiger partial charge in [0.05, 0.1) is 11.7 Å². The van der Waals surface area contributed by atoms with Crippen molar-refractivity contribution in [2.24, 2.45) is 0 Å². The molecule has 1 aliphatic heterocycles. The molecule has 4 heteroatoms. The second-order valence-electron chi connectivity index (χ2n) is 5.26. The van der Waals surface area contributed by atoms with Gasteiger partial charge in [-0.05, 0) is 44.9 Å². The lowest BCUT2D eigenvalue weighted by Gasteiger charge is -2.19. The van der Waals surface area contributed by atoms with Crippen LogP contribution in [-0.4, -0.2) is 24.2 Å². The van der Waals surface area contributed by atoms with Crippen molar-refractivity contribution in [2.45, 2.75) is 38.4 Å². The fourth-order valence-corrected chi connectivity index (χ4v) is 2.56. The van der Waals surface area contributed by atoms with Crippen LogP contribution in [-0.2, 0) is 4.74 Å². The Morgan fingerprint density at radius 1 is 1.56 bits per heavy atom. The molecule has 3 nitrogen and oxygen atoms in total. The maximum Gasteiger partial charge on any atom is 0.251 e. The average Bonchev–Trinajstić information content (AvgIpc) is 2.66. The summed E-state index contributed by atoms with van der Waals surface area (Å²) in [5.74, 6) is -0.0513. The Morgan fingerprint density at radius 3 is 2.94 bits per heavy atom. The minimum atomic E-state index is -0.0513.